The number of nitrogens with zero attached hydrogens (tertiary/aromatic N) is 8. The number of carbonyl (C=O) groups excluding carboxylic acids is 7. The molecule has 4 atom stereocenters. The number of benzene rings is 7. The number of anilines is 4. The summed E-state index contributed by atoms with van der Waals surface area (Å²) in [6.07, 6.45) is 9.69. The molecule has 1 saturated carbocycles. The van der Waals surface area contributed by atoms with Gasteiger partial charge in [0.2, 0.25) is 0 Å². The summed E-state index contributed by atoms with van der Waals surface area (Å²) in [4.78, 5) is 123. The van der Waals surface area contributed by atoms with Gasteiger partial charge in [-0.25, -0.2) is 19.3 Å². The van der Waals surface area contributed by atoms with Gasteiger partial charge < -0.3 is 57.9 Å². The van der Waals surface area contributed by atoms with Gasteiger partial charge in [0.05, 0.1) is 63.0 Å². The van der Waals surface area contributed by atoms with E-state index < -0.39 is 90.0 Å². The molecule has 0 saturated heterocycles. The summed E-state index contributed by atoms with van der Waals surface area (Å²) in [6, 6.07) is 52.8. The fraction of sp³-hybridized carbons (Fsp3) is 0.236. The quantitative estimate of drug-likeness (QED) is 0.0124. The van der Waals surface area contributed by atoms with Gasteiger partial charge in [-0.1, -0.05) is 159 Å². The Balaban J connectivity index is 0.980. The Hall–Kier alpha value is -14.4. The molecule has 8 rings (SSSR count). The van der Waals surface area contributed by atoms with Crippen molar-refractivity contribution in [2.24, 2.45) is 23.7 Å². The first-order valence-corrected chi connectivity index (χ1v) is 35.8. The fourth-order valence-electron chi connectivity index (χ4n) is 11.8. The van der Waals surface area contributed by atoms with Gasteiger partial charge in [-0.05, 0) is 141 Å². The van der Waals surface area contributed by atoms with Crippen molar-refractivity contribution in [1.82, 2.24) is 0 Å². The van der Waals surface area contributed by atoms with Crippen molar-refractivity contribution < 1.29 is 76.6 Å². The molecule has 7 aromatic carbocycles. The molecule has 24 heteroatoms. The molecular weight excluding hydrogens is 1440 g/mol. The lowest BCUT2D eigenvalue weighted by Crippen LogP contribution is -2.47. The third kappa shape index (κ3) is 25.1. The molecule has 4 unspecified atom stereocenters. The summed E-state index contributed by atoms with van der Waals surface area (Å²) in [6.45, 7) is 25.6. The van der Waals surface area contributed by atoms with Crippen LogP contribution < -0.4 is 19.6 Å². The normalized spacial score (nSPS) is 14.6. The van der Waals surface area contributed by atoms with Crippen LogP contribution in [0.2, 0.25) is 0 Å². The van der Waals surface area contributed by atoms with Crippen LogP contribution in [0.4, 0.5) is 22.7 Å². The third-order valence-corrected chi connectivity index (χ3v) is 18.6. The van der Waals surface area contributed by atoms with Gasteiger partial charge in [-0.2, -0.15) is 10.5 Å². The topological polar surface area (TPSA) is 291 Å². The van der Waals surface area contributed by atoms with E-state index in [2.05, 4.69) is 29.4 Å². The largest absolute Gasteiger partial charge is 0.486 e. The van der Waals surface area contributed by atoms with E-state index >= 15 is 0 Å². The van der Waals surface area contributed by atoms with Crippen LogP contribution in [0, 0.1) is 59.5 Å². The van der Waals surface area contributed by atoms with Crippen LogP contribution in [0.15, 0.2) is 212 Å². The van der Waals surface area contributed by atoms with Crippen LogP contribution in [-0.2, 0) is 91.3 Å². The Morgan fingerprint density at radius 3 is 0.858 bits per heavy atom. The van der Waals surface area contributed by atoms with Crippen molar-refractivity contribution in [3.05, 3.63) is 291 Å². The number of ether oxygens (including phenoxy) is 7. The minimum absolute atomic E-state index is 0.0411. The highest BCUT2D eigenvalue weighted by molar-refractivity contribution is 5.99. The molecule has 576 valence electrons. The maximum atomic E-state index is 14.7. The van der Waals surface area contributed by atoms with Gasteiger partial charge in [0.25, 0.3) is 11.4 Å². The van der Waals surface area contributed by atoms with Gasteiger partial charge in [0.15, 0.2) is 0 Å². The number of rotatable bonds is 37. The van der Waals surface area contributed by atoms with Crippen molar-refractivity contribution >= 4 is 113 Å². The number of carboxylic acids is 1. The molecule has 0 spiro atoms. The SMILES string of the molecule is [C-]#[N+]/C(=C\c1ccc(N(C)CCOC(=O)C2CC(C(=O)OCCN(C)c3ccc(/C=C(\[N+]#[C-])C(=O)OCc4ccc(C=C)cc4)cc3)C(C(=O)OCCN(C)c3ccc(/C=C(\C#N)C(=O)OCc4ccc(C=C)cc4)cc3)CC2C(=O)OCCN(C)c2ccc(/C=C(\C#N)C(=O)OCc3ccc(C=C)cc3)cc2)cc1)C(=O)O. The summed E-state index contributed by atoms with van der Waals surface area (Å²) < 4.78 is 40.0. The van der Waals surface area contributed by atoms with E-state index in [1.165, 1.54) is 24.3 Å². The van der Waals surface area contributed by atoms with Gasteiger partial charge in [-0.3, -0.25) is 28.8 Å². The molecule has 1 aliphatic rings. The molecule has 0 bridgehead atoms. The molecule has 24 nitrogen and oxygen atoms in total. The number of likely N-dealkylation sites (N-methyl/N-ethyl adjacent to an activating group) is 4. The smallest absolute Gasteiger partial charge is 0.349 e. The minimum atomic E-state index is -1.37. The van der Waals surface area contributed by atoms with E-state index in [0.717, 1.165) is 33.4 Å². The molecule has 7 aromatic rings. The van der Waals surface area contributed by atoms with Gasteiger partial charge in [-0.15, -0.1) is 0 Å². The second kappa shape index (κ2) is 42.4. The van der Waals surface area contributed by atoms with Crippen molar-refractivity contribution in [3.63, 3.8) is 0 Å². The monoisotopic (exact) mass is 1520 g/mol. The first-order chi connectivity index (χ1) is 54.5. The predicted octanol–water partition coefficient (Wildman–Crippen LogP) is 13.5. The van der Waals surface area contributed by atoms with E-state index in [1.54, 1.807) is 199 Å². The first kappa shape index (κ1) is 84.3. The van der Waals surface area contributed by atoms with E-state index in [9.17, 15) is 54.0 Å². The number of nitriles is 2. The number of esters is 7. The lowest BCUT2D eigenvalue weighted by molar-refractivity contribution is -0.175. The zero-order chi connectivity index (χ0) is 81.3. The van der Waals surface area contributed by atoms with Gasteiger partial charge >= 0.3 is 47.8 Å². The highest BCUT2D eigenvalue weighted by Crippen LogP contribution is 2.41. The summed E-state index contributed by atoms with van der Waals surface area (Å²) in [5, 5.41) is 29.1. The van der Waals surface area contributed by atoms with Crippen molar-refractivity contribution in [2.45, 2.75) is 32.7 Å². The number of carbonyl (C=O) groups is 8. The maximum Gasteiger partial charge on any atom is 0.349 e. The molecule has 0 aromatic heterocycles. The molecule has 1 N–H and O–H groups in total. The van der Waals surface area contributed by atoms with Crippen LogP contribution in [0.3, 0.4) is 0 Å². The highest BCUT2D eigenvalue weighted by Gasteiger charge is 2.51. The summed E-state index contributed by atoms with van der Waals surface area (Å²) in [5.41, 5.74) is 8.41. The van der Waals surface area contributed by atoms with Gasteiger partial charge in [0, 0.05) is 50.9 Å². The standard InChI is InChI=1S/C89H84N8O16/c1-10-60-13-19-67(20-14-60)57-111-83(100)70(55-90)49-63-25-33-72(34-26-63)94(6)41-45-107-85(102)76-53-77(86(103)108-46-42-95(7)73-35-27-64(28-36-73)50-71(56-91)84(101)112-58-68-21-15-61(11-2)16-22-68)79(54-78(76)87(104)109-47-43-96(8)74-37-29-65(30-38-74)51-80(92-4)82(98)99)88(105)110-48-44-97(9)75-39-31-66(32-40-75)52-81(93-5)89(106)113-59-69-23-17-62(12-3)18-24-69/h10-40,49-52,76-79H,1-3,41-48,53-54,57-59H2,6-9H3,(H,98,99)/b70-49+,71-50+,80-51-,81-52-. The van der Waals surface area contributed by atoms with Crippen molar-refractivity contribution in [1.29, 1.82) is 10.5 Å². The molecule has 0 radical (unpaired) electrons. The number of aliphatic carboxylic acids is 1. The minimum Gasteiger partial charge on any atom is -0.486 e. The molecule has 1 aliphatic carbocycles. The van der Waals surface area contributed by atoms with Crippen LogP contribution in [0.1, 0.15) is 68.5 Å². The number of hydrogen-bond acceptors (Lipinski definition) is 21. The second-order valence-corrected chi connectivity index (χ2v) is 26.1. The summed E-state index contributed by atoms with van der Waals surface area (Å²) >= 11 is 0. The molecular formula is C89H84N8O16. The Morgan fingerprint density at radius 2 is 0.619 bits per heavy atom. The van der Waals surface area contributed by atoms with E-state index in [1.807, 2.05) is 48.5 Å². The number of carboxylic acid groups (broad SMARTS) is 1. The van der Waals surface area contributed by atoms with E-state index in [0.29, 0.717) is 45.0 Å². The van der Waals surface area contributed by atoms with Crippen LogP contribution in [0.5, 0.6) is 0 Å². The van der Waals surface area contributed by atoms with Crippen LogP contribution in [0.25, 0.3) is 52.2 Å². The average molecular weight is 1520 g/mol. The van der Waals surface area contributed by atoms with E-state index in [4.69, 9.17) is 46.3 Å². The molecule has 0 aliphatic heterocycles. The molecule has 0 amide bonds. The zero-order valence-electron chi connectivity index (χ0n) is 63.0. The Kier molecular flexibility index (Phi) is 31.6. The Labute approximate surface area is 656 Å². The van der Waals surface area contributed by atoms with Crippen molar-refractivity contribution in [3.8, 4) is 12.1 Å². The summed E-state index contributed by atoms with van der Waals surface area (Å²) in [7, 11) is 6.96. The lowest BCUT2D eigenvalue weighted by atomic mass is 9.68. The van der Waals surface area contributed by atoms with Crippen LogP contribution >= 0.6 is 0 Å². The van der Waals surface area contributed by atoms with Crippen molar-refractivity contribution in [2.75, 3.05) is 100 Å². The van der Waals surface area contributed by atoms with Gasteiger partial charge in [0.1, 0.15) is 69.5 Å². The highest BCUT2D eigenvalue weighted by atomic mass is 16.6. The Bertz CT molecular complexity index is 4890. The predicted molar refractivity (Wildman–Crippen MR) is 429 cm³/mol. The lowest BCUT2D eigenvalue weighted by Gasteiger charge is -2.37. The Morgan fingerprint density at radius 1 is 0.381 bits per heavy atom. The second-order valence-electron chi connectivity index (χ2n) is 26.1. The zero-order valence-corrected chi connectivity index (χ0v) is 63.0. The first-order valence-electron chi connectivity index (χ1n) is 35.8. The third-order valence-electron chi connectivity index (χ3n) is 18.6. The van der Waals surface area contributed by atoms with E-state index in [-0.39, 0.29) is 89.3 Å². The maximum absolute atomic E-state index is 14.7. The molecule has 113 heavy (non-hydrogen) atoms. The fourth-order valence-corrected chi connectivity index (χ4v) is 11.8. The molecule has 1 fully saturated rings. The number of hydrogen-bond donors (Lipinski definition) is 1. The summed E-state index contributed by atoms with van der Waals surface area (Å²) in [5.74, 6) is -12.7. The molecule has 0 heterocycles. The van der Waals surface area contributed by atoms with Crippen LogP contribution in [-0.4, -0.2) is 134 Å². The average Bonchev–Trinajstić information content (AvgIpc) is 0.783.